The molecular formula is C15H18N4OS. The molecule has 0 aliphatic carbocycles. The summed E-state index contributed by atoms with van der Waals surface area (Å²) in [7, 11) is 0. The van der Waals surface area contributed by atoms with E-state index in [1.54, 1.807) is 18.6 Å². The number of nitrogens with zero attached hydrogens (tertiary/aromatic N) is 3. The molecule has 5 nitrogen and oxygen atoms in total. The molecule has 21 heavy (non-hydrogen) atoms. The standard InChI is InChI=1S/C15H18N4OS/c1-4-12(13-6-5-10(2)7-16-13)19-14(20)11-8-17-15(21-3)18-9-11/h5-9,12H,4H2,1-3H3,(H,19,20)/t12-/m0/s1. The molecule has 0 unspecified atom stereocenters. The van der Waals surface area contributed by atoms with Crippen molar-refractivity contribution in [2.75, 3.05) is 6.26 Å². The van der Waals surface area contributed by atoms with Crippen LogP contribution in [-0.4, -0.2) is 27.1 Å². The number of carbonyl (C=O) groups is 1. The summed E-state index contributed by atoms with van der Waals surface area (Å²) in [6.45, 7) is 4.00. The van der Waals surface area contributed by atoms with Crippen molar-refractivity contribution in [3.8, 4) is 0 Å². The summed E-state index contributed by atoms with van der Waals surface area (Å²) < 4.78 is 0. The molecule has 0 spiro atoms. The van der Waals surface area contributed by atoms with Gasteiger partial charge in [0.1, 0.15) is 0 Å². The highest BCUT2D eigenvalue weighted by Crippen LogP contribution is 2.15. The van der Waals surface area contributed by atoms with E-state index in [1.165, 1.54) is 11.8 Å². The summed E-state index contributed by atoms with van der Waals surface area (Å²) in [4.78, 5) is 24.8. The maximum atomic E-state index is 12.2. The topological polar surface area (TPSA) is 67.8 Å². The Morgan fingerprint density at radius 2 is 1.95 bits per heavy atom. The highest BCUT2D eigenvalue weighted by molar-refractivity contribution is 7.98. The summed E-state index contributed by atoms with van der Waals surface area (Å²) in [6.07, 6.45) is 7.56. The van der Waals surface area contributed by atoms with E-state index in [2.05, 4.69) is 20.3 Å². The summed E-state index contributed by atoms with van der Waals surface area (Å²) in [5.41, 5.74) is 2.41. The van der Waals surface area contributed by atoms with E-state index in [9.17, 15) is 4.79 Å². The Balaban J connectivity index is 2.10. The first kappa shape index (κ1) is 15.4. The molecule has 0 bridgehead atoms. The van der Waals surface area contributed by atoms with Gasteiger partial charge in [-0.2, -0.15) is 0 Å². The fraction of sp³-hybridized carbons (Fsp3) is 0.333. The maximum absolute atomic E-state index is 12.2. The number of thioether (sulfide) groups is 1. The number of aryl methyl sites for hydroxylation is 1. The highest BCUT2D eigenvalue weighted by Gasteiger charge is 2.15. The molecule has 1 amide bonds. The number of hydrogen-bond donors (Lipinski definition) is 1. The third-order valence-electron chi connectivity index (χ3n) is 3.08. The second-order valence-corrected chi connectivity index (χ2v) is 5.43. The fourth-order valence-corrected chi connectivity index (χ4v) is 2.17. The van der Waals surface area contributed by atoms with E-state index in [1.807, 2.05) is 32.2 Å². The summed E-state index contributed by atoms with van der Waals surface area (Å²) in [6, 6.07) is 3.82. The average molecular weight is 302 g/mol. The monoisotopic (exact) mass is 302 g/mol. The van der Waals surface area contributed by atoms with E-state index in [0.29, 0.717) is 10.7 Å². The van der Waals surface area contributed by atoms with Crippen molar-refractivity contribution < 1.29 is 4.79 Å². The Morgan fingerprint density at radius 1 is 1.24 bits per heavy atom. The first-order chi connectivity index (χ1) is 10.1. The van der Waals surface area contributed by atoms with Crippen molar-refractivity contribution in [1.29, 1.82) is 0 Å². The number of nitrogens with one attached hydrogen (secondary N) is 1. The van der Waals surface area contributed by atoms with Crippen molar-refractivity contribution in [2.24, 2.45) is 0 Å². The minimum absolute atomic E-state index is 0.113. The molecule has 0 radical (unpaired) electrons. The summed E-state index contributed by atoms with van der Waals surface area (Å²) >= 11 is 1.44. The van der Waals surface area contributed by atoms with E-state index in [-0.39, 0.29) is 11.9 Å². The SMILES string of the molecule is CC[C@H](NC(=O)c1cnc(SC)nc1)c1ccc(C)cn1. The first-order valence-corrected chi connectivity index (χ1v) is 7.96. The zero-order valence-corrected chi connectivity index (χ0v) is 13.1. The van der Waals surface area contributed by atoms with Gasteiger partial charge in [-0.3, -0.25) is 9.78 Å². The fourth-order valence-electron chi connectivity index (χ4n) is 1.85. The van der Waals surface area contributed by atoms with E-state index >= 15 is 0 Å². The molecule has 2 aromatic rings. The van der Waals surface area contributed by atoms with Gasteiger partial charge in [-0.05, 0) is 31.2 Å². The molecule has 6 heteroatoms. The van der Waals surface area contributed by atoms with Crippen LogP contribution in [0.5, 0.6) is 0 Å². The quantitative estimate of drug-likeness (QED) is 0.679. The Morgan fingerprint density at radius 3 is 2.48 bits per heavy atom. The second kappa shape index (κ2) is 7.17. The van der Waals surface area contributed by atoms with Gasteiger partial charge < -0.3 is 5.32 Å². The predicted octanol–water partition coefficient (Wildman–Crippen LogP) is 2.78. The van der Waals surface area contributed by atoms with Crippen LogP contribution in [0.1, 0.15) is 41.0 Å². The van der Waals surface area contributed by atoms with Gasteiger partial charge in [-0.15, -0.1) is 0 Å². The zero-order chi connectivity index (χ0) is 15.2. The number of rotatable bonds is 5. The molecule has 2 heterocycles. The molecule has 2 aromatic heterocycles. The van der Waals surface area contributed by atoms with Crippen LogP contribution in [0.4, 0.5) is 0 Å². The van der Waals surface area contributed by atoms with Crippen molar-refractivity contribution in [2.45, 2.75) is 31.5 Å². The molecule has 0 aromatic carbocycles. The van der Waals surface area contributed by atoms with Gasteiger partial charge in [-0.25, -0.2) is 9.97 Å². The van der Waals surface area contributed by atoms with Crippen LogP contribution in [0.15, 0.2) is 35.9 Å². The van der Waals surface area contributed by atoms with Gasteiger partial charge >= 0.3 is 0 Å². The van der Waals surface area contributed by atoms with Gasteiger partial charge in [0.25, 0.3) is 5.91 Å². The van der Waals surface area contributed by atoms with Crippen LogP contribution in [0.25, 0.3) is 0 Å². The second-order valence-electron chi connectivity index (χ2n) is 4.65. The molecule has 1 atom stereocenters. The average Bonchev–Trinajstić information content (AvgIpc) is 2.53. The largest absolute Gasteiger partial charge is 0.344 e. The lowest BCUT2D eigenvalue weighted by molar-refractivity contribution is 0.0933. The first-order valence-electron chi connectivity index (χ1n) is 6.73. The summed E-state index contributed by atoms with van der Waals surface area (Å²) in [5, 5.41) is 3.62. The van der Waals surface area contributed by atoms with Crippen LogP contribution in [0.3, 0.4) is 0 Å². The van der Waals surface area contributed by atoms with Gasteiger partial charge in [0, 0.05) is 18.6 Å². The normalized spacial score (nSPS) is 12.0. The molecule has 0 fully saturated rings. The predicted molar refractivity (Wildman–Crippen MR) is 83.3 cm³/mol. The number of amides is 1. The minimum Gasteiger partial charge on any atom is -0.344 e. The number of pyridine rings is 1. The lowest BCUT2D eigenvalue weighted by atomic mass is 10.1. The third-order valence-corrected chi connectivity index (χ3v) is 3.65. The van der Waals surface area contributed by atoms with Crippen molar-refractivity contribution in [3.63, 3.8) is 0 Å². The van der Waals surface area contributed by atoms with E-state index < -0.39 is 0 Å². The molecule has 2 rings (SSSR count). The Kier molecular flexibility index (Phi) is 5.27. The van der Waals surface area contributed by atoms with Crippen LogP contribution >= 0.6 is 11.8 Å². The lowest BCUT2D eigenvalue weighted by Gasteiger charge is -2.16. The molecule has 1 N–H and O–H groups in total. The van der Waals surface area contributed by atoms with Crippen molar-refractivity contribution >= 4 is 17.7 Å². The molecule has 110 valence electrons. The molecule has 0 saturated carbocycles. The number of carbonyl (C=O) groups excluding carboxylic acids is 1. The molecule has 0 aliphatic rings. The van der Waals surface area contributed by atoms with Gasteiger partial charge in [0.2, 0.25) is 0 Å². The lowest BCUT2D eigenvalue weighted by Crippen LogP contribution is -2.29. The van der Waals surface area contributed by atoms with Crippen molar-refractivity contribution in [3.05, 3.63) is 47.5 Å². The third kappa shape index (κ3) is 4.01. The van der Waals surface area contributed by atoms with Gasteiger partial charge in [0.05, 0.1) is 17.3 Å². The maximum Gasteiger partial charge on any atom is 0.254 e. The number of hydrogen-bond acceptors (Lipinski definition) is 5. The number of aromatic nitrogens is 3. The molecular weight excluding hydrogens is 284 g/mol. The van der Waals surface area contributed by atoms with Gasteiger partial charge in [-0.1, -0.05) is 24.8 Å². The van der Waals surface area contributed by atoms with Gasteiger partial charge in [0.15, 0.2) is 5.16 Å². The highest BCUT2D eigenvalue weighted by atomic mass is 32.2. The Labute approximate surface area is 128 Å². The van der Waals surface area contributed by atoms with Crippen LogP contribution < -0.4 is 5.32 Å². The minimum atomic E-state index is -0.183. The molecule has 0 saturated heterocycles. The van der Waals surface area contributed by atoms with E-state index in [4.69, 9.17) is 0 Å². The Hall–Kier alpha value is -1.95. The van der Waals surface area contributed by atoms with Crippen LogP contribution in [0.2, 0.25) is 0 Å². The smallest absolute Gasteiger partial charge is 0.254 e. The van der Waals surface area contributed by atoms with Crippen LogP contribution in [-0.2, 0) is 0 Å². The van der Waals surface area contributed by atoms with Crippen molar-refractivity contribution in [1.82, 2.24) is 20.3 Å². The van der Waals surface area contributed by atoms with E-state index in [0.717, 1.165) is 17.7 Å². The molecule has 0 aliphatic heterocycles. The summed E-state index contributed by atoms with van der Waals surface area (Å²) in [5.74, 6) is -0.183. The Bertz CT molecular complexity index is 598. The van der Waals surface area contributed by atoms with Crippen LogP contribution in [0, 0.1) is 6.92 Å². The zero-order valence-electron chi connectivity index (χ0n) is 12.3.